The Morgan fingerprint density at radius 1 is 1.75 bits per heavy atom. The van der Waals surface area contributed by atoms with Crippen molar-refractivity contribution in [2.75, 3.05) is 6.54 Å². The van der Waals surface area contributed by atoms with E-state index in [9.17, 15) is 0 Å². The van der Waals surface area contributed by atoms with Gasteiger partial charge in [0.25, 0.3) is 0 Å². The summed E-state index contributed by atoms with van der Waals surface area (Å²) in [6.07, 6.45) is 0. The predicted molar refractivity (Wildman–Crippen MR) is 35.1 cm³/mol. The van der Waals surface area contributed by atoms with Gasteiger partial charge >= 0.3 is 0 Å². The summed E-state index contributed by atoms with van der Waals surface area (Å²) in [5, 5.41) is 5.37. The zero-order chi connectivity index (χ0) is 5.40. The SMILES string of the molecule is c1csc([C@@H]2CN2)c1. The lowest BCUT2D eigenvalue weighted by molar-refractivity contribution is 1.12. The van der Waals surface area contributed by atoms with Gasteiger partial charge in [0.05, 0.1) is 6.04 Å². The van der Waals surface area contributed by atoms with E-state index in [2.05, 4.69) is 22.8 Å². The molecule has 0 spiro atoms. The molecular weight excluding hydrogens is 118 g/mol. The molecule has 2 heterocycles. The number of nitrogens with one attached hydrogen (secondary N) is 1. The van der Waals surface area contributed by atoms with Gasteiger partial charge in [-0.25, -0.2) is 0 Å². The lowest BCUT2D eigenvalue weighted by Crippen LogP contribution is -1.73. The highest BCUT2D eigenvalue weighted by atomic mass is 32.1. The topological polar surface area (TPSA) is 21.9 Å². The first-order chi connectivity index (χ1) is 3.97. The van der Waals surface area contributed by atoms with E-state index in [4.69, 9.17) is 0 Å². The van der Waals surface area contributed by atoms with E-state index in [-0.39, 0.29) is 0 Å². The van der Waals surface area contributed by atoms with Gasteiger partial charge in [0.2, 0.25) is 0 Å². The van der Waals surface area contributed by atoms with Crippen molar-refractivity contribution in [3.05, 3.63) is 22.4 Å². The highest BCUT2D eigenvalue weighted by Crippen LogP contribution is 2.25. The normalized spacial score (nSPS) is 25.8. The van der Waals surface area contributed by atoms with E-state index in [1.807, 2.05) is 11.3 Å². The van der Waals surface area contributed by atoms with Crippen LogP contribution in [0.25, 0.3) is 0 Å². The molecule has 1 fully saturated rings. The Labute approximate surface area is 52.3 Å². The summed E-state index contributed by atoms with van der Waals surface area (Å²) >= 11 is 1.83. The lowest BCUT2D eigenvalue weighted by atomic mass is 10.4. The molecule has 2 rings (SSSR count). The van der Waals surface area contributed by atoms with Crippen LogP contribution < -0.4 is 5.32 Å². The minimum atomic E-state index is 0.704. The second-order valence-corrected chi connectivity index (χ2v) is 2.96. The first-order valence-corrected chi connectivity index (χ1v) is 3.61. The van der Waals surface area contributed by atoms with Gasteiger partial charge in [-0.1, -0.05) is 6.07 Å². The van der Waals surface area contributed by atoms with Crippen LogP contribution >= 0.6 is 11.3 Å². The van der Waals surface area contributed by atoms with Crippen molar-refractivity contribution >= 4 is 11.3 Å². The smallest absolute Gasteiger partial charge is 0.0542 e. The molecule has 2 heteroatoms. The first-order valence-electron chi connectivity index (χ1n) is 2.73. The highest BCUT2D eigenvalue weighted by Gasteiger charge is 2.22. The molecule has 42 valence electrons. The van der Waals surface area contributed by atoms with Gasteiger partial charge in [0.15, 0.2) is 0 Å². The van der Waals surface area contributed by atoms with Gasteiger partial charge in [-0.3, -0.25) is 0 Å². The Morgan fingerprint density at radius 3 is 3.12 bits per heavy atom. The van der Waals surface area contributed by atoms with Crippen molar-refractivity contribution in [1.82, 2.24) is 5.32 Å². The maximum atomic E-state index is 3.25. The van der Waals surface area contributed by atoms with Crippen LogP contribution in [0, 0.1) is 0 Å². The molecule has 1 aliphatic rings. The molecule has 1 saturated heterocycles. The fourth-order valence-corrected chi connectivity index (χ4v) is 1.55. The Hall–Kier alpha value is -0.340. The molecule has 0 amide bonds. The van der Waals surface area contributed by atoms with Crippen LogP contribution in [0.3, 0.4) is 0 Å². The molecule has 0 aliphatic carbocycles. The number of rotatable bonds is 1. The second-order valence-electron chi connectivity index (χ2n) is 1.98. The van der Waals surface area contributed by atoms with Gasteiger partial charge in [-0.2, -0.15) is 0 Å². The summed E-state index contributed by atoms with van der Waals surface area (Å²) in [5.41, 5.74) is 0. The summed E-state index contributed by atoms with van der Waals surface area (Å²) in [7, 11) is 0. The molecule has 0 bridgehead atoms. The van der Waals surface area contributed by atoms with Crippen LogP contribution in [0.5, 0.6) is 0 Å². The Kier molecular flexibility index (Phi) is 0.889. The van der Waals surface area contributed by atoms with Crippen molar-refractivity contribution < 1.29 is 0 Å². The predicted octanol–water partition coefficient (Wildman–Crippen LogP) is 1.39. The van der Waals surface area contributed by atoms with Gasteiger partial charge in [0.1, 0.15) is 0 Å². The zero-order valence-corrected chi connectivity index (χ0v) is 5.24. The van der Waals surface area contributed by atoms with Gasteiger partial charge < -0.3 is 5.32 Å². The van der Waals surface area contributed by atoms with E-state index in [0.29, 0.717) is 6.04 Å². The van der Waals surface area contributed by atoms with E-state index >= 15 is 0 Å². The zero-order valence-electron chi connectivity index (χ0n) is 4.42. The Morgan fingerprint density at radius 2 is 2.62 bits per heavy atom. The molecule has 1 atom stereocenters. The quantitative estimate of drug-likeness (QED) is 0.563. The molecule has 1 aromatic rings. The van der Waals surface area contributed by atoms with Crippen LogP contribution in [0.1, 0.15) is 10.9 Å². The molecule has 8 heavy (non-hydrogen) atoms. The van der Waals surface area contributed by atoms with Crippen LogP contribution in [-0.4, -0.2) is 6.54 Å². The van der Waals surface area contributed by atoms with E-state index in [0.717, 1.165) is 0 Å². The summed E-state index contributed by atoms with van der Waals surface area (Å²) in [4.78, 5) is 1.48. The number of hydrogen-bond acceptors (Lipinski definition) is 2. The fourth-order valence-electron chi connectivity index (χ4n) is 0.750. The van der Waals surface area contributed by atoms with Crippen molar-refractivity contribution in [1.29, 1.82) is 0 Å². The monoisotopic (exact) mass is 125 g/mol. The third-order valence-electron chi connectivity index (χ3n) is 1.29. The molecule has 1 aliphatic heterocycles. The minimum Gasteiger partial charge on any atom is -0.306 e. The number of hydrogen-bond donors (Lipinski definition) is 1. The largest absolute Gasteiger partial charge is 0.306 e. The third-order valence-corrected chi connectivity index (χ3v) is 2.28. The molecule has 0 saturated carbocycles. The standard InChI is InChI=1S/C6H7NS/c1-2-6(8-3-1)5-4-7-5/h1-3,5,7H,4H2/t5-/m0/s1. The number of thiophene rings is 1. The van der Waals surface area contributed by atoms with Gasteiger partial charge in [0, 0.05) is 11.4 Å². The van der Waals surface area contributed by atoms with E-state index < -0.39 is 0 Å². The van der Waals surface area contributed by atoms with E-state index in [1.54, 1.807) is 0 Å². The first kappa shape index (κ1) is 4.53. The molecule has 0 aromatic carbocycles. The summed E-state index contributed by atoms with van der Waals surface area (Å²) in [6, 6.07) is 4.98. The molecule has 1 N–H and O–H groups in total. The van der Waals surface area contributed by atoms with Gasteiger partial charge in [-0.05, 0) is 11.4 Å². The average Bonchev–Trinajstić information content (AvgIpc) is 2.49. The van der Waals surface area contributed by atoms with Crippen LogP contribution in [0.2, 0.25) is 0 Å². The van der Waals surface area contributed by atoms with E-state index in [1.165, 1.54) is 11.4 Å². The molecule has 1 aromatic heterocycles. The molecular formula is C6H7NS. The Balaban J connectivity index is 2.28. The molecule has 0 radical (unpaired) electrons. The van der Waals surface area contributed by atoms with Crippen LogP contribution in [0.15, 0.2) is 17.5 Å². The molecule has 1 nitrogen and oxygen atoms in total. The summed E-state index contributed by atoms with van der Waals surface area (Å²) in [6.45, 7) is 1.18. The second kappa shape index (κ2) is 1.57. The van der Waals surface area contributed by atoms with Crippen molar-refractivity contribution in [3.8, 4) is 0 Å². The average molecular weight is 125 g/mol. The minimum absolute atomic E-state index is 0.704. The van der Waals surface area contributed by atoms with Crippen molar-refractivity contribution in [3.63, 3.8) is 0 Å². The van der Waals surface area contributed by atoms with Crippen molar-refractivity contribution in [2.24, 2.45) is 0 Å². The highest BCUT2D eigenvalue weighted by molar-refractivity contribution is 7.10. The maximum absolute atomic E-state index is 3.25. The van der Waals surface area contributed by atoms with Crippen molar-refractivity contribution in [2.45, 2.75) is 6.04 Å². The summed E-state index contributed by atoms with van der Waals surface area (Å²) in [5.74, 6) is 0. The lowest BCUT2D eigenvalue weighted by Gasteiger charge is -1.81. The third kappa shape index (κ3) is 0.659. The maximum Gasteiger partial charge on any atom is 0.0542 e. The fraction of sp³-hybridized carbons (Fsp3) is 0.333. The van der Waals surface area contributed by atoms with Crippen LogP contribution in [-0.2, 0) is 0 Å². The van der Waals surface area contributed by atoms with Crippen LogP contribution in [0.4, 0.5) is 0 Å². The Bertz CT molecular complexity index is 165. The van der Waals surface area contributed by atoms with Gasteiger partial charge in [-0.15, -0.1) is 11.3 Å². The summed E-state index contributed by atoms with van der Waals surface area (Å²) < 4.78 is 0. The molecule has 0 unspecified atom stereocenters.